The molecule has 0 aromatic heterocycles. The molecule has 0 saturated carbocycles. The third-order valence-electron chi connectivity index (χ3n) is 6.16. The second-order valence-corrected chi connectivity index (χ2v) is 13.7. The SMILES string of the molecule is CC(=O)OC[C@H]1O[C@@H]([Te][C@@H]2O[C@H](COC(C)=O)[C@@H](OC(C)=O)[C@H](OC(C)=O)[C@H]2OC(C)=O)[C@H](OC(C)=O)[C@@H](OC(C)=O)[C@@H]1OC(C)=O. The summed E-state index contributed by atoms with van der Waals surface area (Å²) >= 11 is -2.06. The monoisotopic (exact) mass is 792 g/mol. The Bertz CT molecular complexity index is 1110. The van der Waals surface area contributed by atoms with E-state index in [1.807, 2.05) is 0 Å². The van der Waals surface area contributed by atoms with Crippen molar-refractivity contribution in [2.75, 3.05) is 13.2 Å². The van der Waals surface area contributed by atoms with Crippen molar-refractivity contribution in [3.63, 3.8) is 0 Å². The molecular weight excluding hydrogens is 752 g/mol. The zero-order valence-corrected chi connectivity index (χ0v) is 29.3. The van der Waals surface area contributed by atoms with E-state index in [1.165, 1.54) is 0 Å². The van der Waals surface area contributed by atoms with Gasteiger partial charge in [0.1, 0.15) is 0 Å². The molecule has 0 bridgehead atoms. The van der Waals surface area contributed by atoms with E-state index in [2.05, 4.69) is 0 Å². The summed E-state index contributed by atoms with van der Waals surface area (Å²) in [4.78, 5) is 96.6. The normalized spacial score (nSPS) is 30.0. The molecule has 0 aliphatic carbocycles. The molecule has 2 fully saturated rings. The minimum absolute atomic E-state index is 0.486. The van der Waals surface area contributed by atoms with Gasteiger partial charge in [0.05, 0.1) is 0 Å². The van der Waals surface area contributed by atoms with Gasteiger partial charge in [-0.1, -0.05) is 0 Å². The Balaban J connectivity index is 2.69. The van der Waals surface area contributed by atoms with Crippen LogP contribution in [-0.4, -0.2) is 139 Å². The van der Waals surface area contributed by atoms with Crippen molar-refractivity contribution in [2.45, 2.75) is 113 Å². The third-order valence-corrected chi connectivity index (χ3v) is 9.86. The zero-order valence-electron chi connectivity index (χ0n) is 26.9. The summed E-state index contributed by atoms with van der Waals surface area (Å²) in [5.74, 6) is -6.43. The van der Waals surface area contributed by atoms with Crippen LogP contribution in [0.3, 0.4) is 0 Å². The Hall–Kier alpha value is -3.53. The first-order valence-electron chi connectivity index (χ1n) is 14.2. The fraction of sp³-hybridized carbons (Fsp3) is 0.714. The van der Waals surface area contributed by atoms with Gasteiger partial charge in [-0.05, 0) is 0 Å². The molecule has 2 aliphatic rings. The van der Waals surface area contributed by atoms with Crippen LogP contribution in [0.5, 0.6) is 0 Å². The van der Waals surface area contributed by atoms with Crippen LogP contribution < -0.4 is 0 Å². The molecule has 264 valence electrons. The van der Waals surface area contributed by atoms with Crippen LogP contribution in [0.25, 0.3) is 0 Å². The second-order valence-electron chi connectivity index (χ2n) is 10.3. The van der Waals surface area contributed by atoms with Gasteiger partial charge in [-0.2, -0.15) is 0 Å². The number of hydrogen-bond acceptors (Lipinski definition) is 18. The fourth-order valence-corrected chi connectivity index (χ4v) is 8.75. The molecule has 47 heavy (non-hydrogen) atoms. The second kappa shape index (κ2) is 18.1. The number of rotatable bonds is 12. The van der Waals surface area contributed by atoms with Crippen molar-refractivity contribution in [2.24, 2.45) is 0 Å². The molecule has 2 heterocycles. The van der Waals surface area contributed by atoms with Crippen molar-refractivity contribution in [1.82, 2.24) is 0 Å². The van der Waals surface area contributed by atoms with Gasteiger partial charge in [-0.3, -0.25) is 0 Å². The zero-order chi connectivity index (χ0) is 35.6. The maximum atomic E-state index is 12.3. The van der Waals surface area contributed by atoms with E-state index in [0.29, 0.717) is 0 Å². The quantitative estimate of drug-likeness (QED) is 0.129. The summed E-state index contributed by atoms with van der Waals surface area (Å²) in [7, 11) is 0. The van der Waals surface area contributed by atoms with Crippen LogP contribution in [-0.2, 0) is 85.7 Å². The van der Waals surface area contributed by atoms with Gasteiger partial charge in [-0.25, -0.2) is 0 Å². The van der Waals surface area contributed by atoms with E-state index in [0.717, 1.165) is 55.4 Å². The molecule has 0 spiro atoms. The van der Waals surface area contributed by atoms with Gasteiger partial charge < -0.3 is 0 Å². The van der Waals surface area contributed by atoms with Crippen LogP contribution in [0.1, 0.15) is 55.4 Å². The molecule has 19 heteroatoms. The van der Waals surface area contributed by atoms with Gasteiger partial charge in [0.2, 0.25) is 0 Å². The predicted molar refractivity (Wildman–Crippen MR) is 150 cm³/mol. The van der Waals surface area contributed by atoms with Crippen molar-refractivity contribution in [3.05, 3.63) is 0 Å². The average Bonchev–Trinajstić information content (AvgIpc) is 2.91. The van der Waals surface area contributed by atoms with Crippen LogP contribution >= 0.6 is 0 Å². The first kappa shape index (κ1) is 39.6. The van der Waals surface area contributed by atoms with E-state index in [-0.39, 0.29) is 0 Å². The molecule has 2 saturated heterocycles. The molecular formula is C28H38O18Te. The van der Waals surface area contributed by atoms with Crippen molar-refractivity contribution in [3.8, 4) is 0 Å². The first-order valence-corrected chi connectivity index (χ1v) is 16.8. The number of esters is 8. The van der Waals surface area contributed by atoms with Crippen LogP contribution in [0.15, 0.2) is 0 Å². The Morgan fingerprint density at radius 2 is 0.660 bits per heavy atom. The molecule has 2 aliphatic heterocycles. The summed E-state index contributed by atoms with van der Waals surface area (Å²) in [5, 5.41) is 0. The van der Waals surface area contributed by atoms with Gasteiger partial charge in [-0.15, -0.1) is 0 Å². The fourth-order valence-electron chi connectivity index (χ4n) is 4.73. The average molecular weight is 790 g/mol. The number of hydrogen-bond donors (Lipinski definition) is 0. The van der Waals surface area contributed by atoms with Gasteiger partial charge in [0.15, 0.2) is 0 Å². The predicted octanol–water partition coefficient (Wildman–Crippen LogP) is -1.14. The molecule has 0 amide bonds. The topological polar surface area (TPSA) is 229 Å². The van der Waals surface area contributed by atoms with Crippen LogP contribution in [0.2, 0.25) is 0 Å². The standard InChI is InChI=1S/C28H38O18Te/c1-11(29)37-9-19-21(39-13(3)31)23(41-15(5)33)25(43-17(7)35)27(45-19)47-28-26(44-18(8)36)24(42-16(6)34)22(40-14(4)32)20(46-28)10-38-12(2)30/h19-28H,9-10H2,1-8H3/t19-,20-,21-,22-,23+,24+,25-,26-,27+,28+/m1/s1. The summed E-state index contributed by atoms with van der Waals surface area (Å²) in [6.07, 6.45) is -11.2. The molecule has 0 aromatic carbocycles. The number of ether oxygens (including phenoxy) is 10. The van der Waals surface area contributed by atoms with Crippen molar-refractivity contribution in [1.29, 1.82) is 0 Å². The molecule has 0 unspecified atom stereocenters. The van der Waals surface area contributed by atoms with E-state index in [9.17, 15) is 38.4 Å². The number of carbonyl (C=O) groups excluding carboxylic acids is 8. The summed E-state index contributed by atoms with van der Waals surface area (Å²) < 4.78 is 53.1. The van der Waals surface area contributed by atoms with Gasteiger partial charge in [0, 0.05) is 0 Å². The van der Waals surface area contributed by atoms with Crippen molar-refractivity contribution >= 4 is 68.7 Å². The Labute approximate surface area is 279 Å². The molecule has 0 radical (unpaired) electrons. The Morgan fingerprint density at radius 1 is 0.404 bits per heavy atom. The van der Waals surface area contributed by atoms with Crippen LogP contribution in [0, 0.1) is 0 Å². The minimum atomic E-state index is -2.06. The van der Waals surface area contributed by atoms with E-state index < -0.39 is 139 Å². The molecule has 10 atom stereocenters. The maximum absolute atomic E-state index is 12.3. The molecule has 0 aromatic rings. The van der Waals surface area contributed by atoms with Crippen molar-refractivity contribution < 1.29 is 85.7 Å². The third kappa shape index (κ3) is 12.5. The summed E-state index contributed by atoms with van der Waals surface area (Å²) in [6.45, 7) is 7.70. The van der Waals surface area contributed by atoms with E-state index in [1.54, 1.807) is 0 Å². The van der Waals surface area contributed by atoms with Gasteiger partial charge in [0.25, 0.3) is 0 Å². The summed E-state index contributed by atoms with van der Waals surface area (Å²) in [5.41, 5.74) is 0. The Morgan fingerprint density at radius 3 is 0.915 bits per heavy atom. The summed E-state index contributed by atoms with van der Waals surface area (Å²) in [6, 6.07) is 0. The molecule has 0 N–H and O–H groups in total. The first-order chi connectivity index (χ1) is 21.9. The van der Waals surface area contributed by atoms with E-state index in [4.69, 9.17) is 47.4 Å². The van der Waals surface area contributed by atoms with E-state index >= 15 is 0 Å². The number of carbonyl (C=O) groups is 8. The molecule has 2 rings (SSSR count). The van der Waals surface area contributed by atoms with Crippen LogP contribution in [0.4, 0.5) is 0 Å². The Kier molecular flexibility index (Phi) is 15.3. The van der Waals surface area contributed by atoms with Gasteiger partial charge >= 0.3 is 280 Å². The molecule has 18 nitrogen and oxygen atoms in total.